The minimum absolute atomic E-state index is 0.193. The Morgan fingerprint density at radius 3 is 2.50 bits per heavy atom. The lowest BCUT2D eigenvalue weighted by atomic mass is 10.2. The van der Waals surface area contributed by atoms with Crippen LogP contribution in [0.3, 0.4) is 0 Å². The quantitative estimate of drug-likeness (QED) is 0.903. The Hall–Kier alpha value is -2.01. The van der Waals surface area contributed by atoms with Gasteiger partial charge < -0.3 is 14.6 Å². The number of carbonyl (C=O) groups is 1. The first-order valence-corrected chi connectivity index (χ1v) is 6.68. The monoisotopic (exact) mass is 336 g/mol. The van der Waals surface area contributed by atoms with Crippen LogP contribution in [-0.2, 0) is 6.61 Å². The molecule has 0 unspecified atom stereocenters. The van der Waals surface area contributed by atoms with Gasteiger partial charge in [0.25, 0.3) is 0 Å². The summed E-state index contributed by atoms with van der Waals surface area (Å²) in [5, 5.41) is 8.96. The number of hydrogen-bond donors (Lipinski definition) is 1. The van der Waals surface area contributed by atoms with Crippen molar-refractivity contribution in [3.8, 4) is 11.5 Å². The fraction of sp³-hybridized carbons (Fsp3) is 0.133. The first kappa shape index (κ1) is 14.4. The van der Waals surface area contributed by atoms with E-state index in [1.54, 1.807) is 13.2 Å². The molecule has 1 N–H and O–H groups in total. The van der Waals surface area contributed by atoms with Crippen molar-refractivity contribution in [1.29, 1.82) is 0 Å². The highest BCUT2D eigenvalue weighted by Gasteiger charge is 2.08. The second kappa shape index (κ2) is 6.43. The molecule has 0 saturated carbocycles. The number of methoxy groups -OCH3 is 1. The Labute approximate surface area is 125 Å². The van der Waals surface area contributed by atoms with Crippen LogP contribution in [0.1, 0.15) is 15.9 Å². The van der Waals surface area contributed by atoms with E-state index in [-0.39, 0.29) is 5.56 Å². The molecular weight excluding hydrogens is 324 g/mol. The molecule has 0 fully saturated rings. The minimum atomic E-state index is -0.980. The average Bonchev–Trinajstić information content (AvgIpc) is 2.46. The third kappa shape index (κ3) is 3.51. The zero-order chi connectivity index (χ0) is 14.5. The smallest absolute Gasteiger partial charge is 0.335 e. The van der Waals surface area contributed by atoms with Crippen LogP contribution in [0.2, 0.25) is 0 Å². The number of aromatic carboxylic acids is 1. The average molecular weight is 337 g/mol. The van der Waals surface area contributed by atoms with Gasteiger partial charge in [0.05, 0.1) is 17.1 Å². The molecule has 0 radical (unpaired) electrons. The molecule has 2 rings (SSSR count). The third-order valence-corrected chi connectivity index (χ3v) is 3.39. The SMILES string of the molecule is COc1ccc(COc2cc(C(=O)O)ccc2Br)cc1. The highest BCUT2D eigenvalue weighted by Crippen LogP contribution is 2.27. The van der Waals surface area contributed by atoms with Crippen LogP contribution < -0.4 is 9.47 Å². The van der Waals surface area contributed by atoms with Crippen molar-refractivity contribution in [3.63, 3.8) is 0 Å². The zero-order valence-corrected chi connectivity index (χ0v) is 12.4. The first-order chi connectivity index (χ1) is 9.60. The Balaban J connectivity index is 2.09. The zero-order valence-electron chi connectivity index (χ0n) is 10.8. The fourth-order valence-corrected chi connectivity index (χ4v) is 1.99. The molecule has 104 valence electrons. The molecule has 0 aliphatic rings. The summed E-state index contributed by atoms with van der Waals surface area (Å²) in [4.78, 5) is 10.9. The summed E-state index contributed by atoms with van der Waals surface area (Å²) in [6.07, 6.45) is 0. The fourth-order valence-electron chi connectivity index (χ4n) is 1.63. The second-order valence-electron chi connectivity index (χ2n) is 4.09. The van der Waals surface area contributed by atoms with Crippen molar-refractivity contribution in [1.82, 2.24) is 0 Å². The molecule has 0 aliphatic heterocycles. The number of ether oxygens (including phenoxy) is 2. The van der Waals surface area contributed by atoms with E-state index < -0.39 is 5.97 Å². The van der Waals surface area contributed by atoms with Crippen LogP contribution in [0.15, 0.2) is 46.9 Å². The van der Waals surface area contributed by atoms with Crippen LogP contribution in [-0.4, -0.2) is 18.2 Å². The standard InChI is InChI=1S/C15H13BrO4/c1-19-12-5-2-10(3-6-12)9-20-14-8-11(15(17)18)4-7-13(14)16/h2-8H,9H2,1H3,(H,17,18). The largest absolute Gasteiger partial charge is 0.497 e. The highest BCUT2D eigenvalue weighted by atomic mass is 79.9. The molecule has 5 heteroatoms. The molecule has 4 nitrogen and oxygen atoms in total. The first-order valence-electron chi connectivity index (χ1n) is 5.88. The van der Waals surface area contributed by atoms with Gasteiger partial charge in [0.15, 0.2) is 0 Å². The molecule has 0 aliphatic carbocycles. The number of hydrogen-bond acceptors (Lipinski definition) is 3. The van der Waals surface area contributed by atoms with E-state index in [0.29, 0.717) is 12.4 Å². The summed E-state index contributed by atoms with van der Waals surface area (Å²) >= 11 is 3.34. The van der Waals surface area contributed by atoms with Crippen LogP contribution in [0.5, 0.6) is 11.5 Å². The lowest BCUT2D eigenvalue weighted by molar-refractivity contribution is 0.0696. The summed E-state index contributed by atoms with van der Waals surface area (Å²) in [7, 11) is 1.61. The van der Waals surface area contributed by atoms with E-state index >= 15 is 0 Å². The van der Waals surface area contributed by atoms with Gasteiger partial charge in [-0.3, -0.25) is 0 Å². The number of carboxylic acids is 1. The third-order valence-electron chi connectivity index (χ3n) is 2.73. The molecule has 0 atom stereocenters. The molecular formula is C15H13BrO4. The molecule has 0 heterocycles. The number of rotatable bonds is 5. The number of halogens is 1. The van der Waals surface area contributed by atoms with Crippen LogP contribution in [0.4, 0.5) is 0 Å². The maximum atomic E-state index is 10.9. The summed E-state index contributed by atoms with van der Waals surface area (Å²) in [5.74, 6) is 0.301. The Kier molecular flexibility index (Phi) is 4.63. The van der Waals surface area contributed by atoms with Gasteiger partial charge in [-0.2, -0.15) is 0 Å². The molecule has 2 aromatic rings. The summed E-state index contributed by atoms with van der Waals surface area (Å²) in [5.41, 5.74) is 1.16. The summed E-state index contributed by atoms with van der Waals surface area (Å²) < 4.78 is 11.4. The van der Waals surface area contributed by atoms with Gasteiger partial charge in [0.1, 0.15) is 18.1 Å². The molecule has 0 bridgehead atoms. The van der Waals surface area contributed by atoms with Crippen molar-refractivity contribution in [2.24, 2.45) is 0 Å². The molecule has 0 aromatic heterocycles. The normalized spacial score (nSPS) is 10.1. The maximum Gasteiger partial charge on any atom is 0.335 e. The van der Waals surface area contributed by atoms with Gasteiger partial charge >= 0.3 is 5.97 Å². The van der Waals surface area contributed by atoms with Crippen molar-refractivity contribution in [2.45, 2.75) is 6.61 Å². The van der Waals surface area contributed by atoms with Crippen molar-refractivity contribution < 1.29 is 19.4 Å². The lowest BCUT2D eigenvalue weighted by Crippen LogP contribution is -2.00. The number of carboxylic acid groups (broad SMARTS) is 1. The maximum absolute atomic E-state index is 10.9. The van der Waals surface area contributed by atoms with Crippen LogP contribution in [0, 0.1) is 0 Å². The summed E-state index contributed by atoms with van der Waals surface area (Å²) in [6, 6.07) is 12.2. The molecule has 0 saturated heterocycles. The Morgan fingerprint density at radius 2 is 1.90 bits per heavy atom. The molecule has 0 amide bonds. The van der Waals surface area contributed by atoms with Gasteiger partial charge in [-0.05, 0) is 51.8 Å². The van der Waals surface area contributed by atoms with Crippen LogP contribution >= 0.6 is 15.9 Å². The van der Waals surface area contributed by atoms with Gasteiger partial charge in [-0.25, -0.2) is 4.79 Å². The van der Waals surface area contributed by atoms with Crippen molar-refractivity contribution in [3.05, 3.63) is 58.1 Å². The second-order valence-corrected chi connectivity index (χ2v) is 4.94. The van der Waals surface area contributed by atoms with E-state index in [1.165, 1.54) is 12.1 Å². The van der Waals surface area contributed by atoms with E-state index in [0.717, 1.165) is 15.8 Å². The van der Waals surface area contributed by atoms with Gasteiger partial charge in [-0.15, -0.1) is 0 Å². The van der Waals surface area contributed by atoms with E-state index in [1.807, 2.05) is 24.3 Å². The number of benzene rings is 2. The predicted octanol–water partition coefficient (Wildman–Crippen LogP) is 3.73. The predicted molar refractivity (Wildman–Crippen MR) is 78.4 cm³/mol. The topological polar surface area (TPSA) is 55.8 Å². The molecule has 2 aromatic carbocycles. The molecule has 20 heavy (non-hydrogen) atoms. The van der Waals surface area contributed by atoms with Crippen LogP contribution in [0.25, 0.3) is 0 Å². The van der Waals surface area contributed by atoms with E-state index in [9.17, 15) is 4.79 Å². The van der Waals surface area contributed by atoms with Crippen molar-refractivity contribution in [2.75, 3.05) is 7.11 Å². The van der Waals surface area contributed by atoms with E-state index in [2.05, 4.69) is 15.9 Å². The lowest BCUT2D eigenvalue weighted by Gasteiger charge is -2.09. The van der Waals surface area contributed by atoms with Gasteiger partial charge in [0, 0.05) is 0 Å². The Morgan fingerprint density at radius 1 is 1.20 bits per heavy atom. The highest BCUT2D eigenvalue weighted by molar-refractivity contribution is 9.10. The molecule has 0 spiro atoms. The summed E-state index contributed by atoms with van der Waals surface area (Å²) in [6.45, 7) is 0.353. The van der Waals surface area contributed by atoms with E-state index in [4.69, 9.17) is 14.6 Å². The van der Waals surface area contributed by atoms with Gasteiger partial charge in [-0.1, -0.05) is 12.1 Å². The minimum Gasteiger partial charge on any atom is -0.497 e. The van der Waals surface area contributed by atoms with Crippen molar-refractivity contribution >= 4 is 21.9 Å². The van der Waals surface area contributed by atoms with Gasteiger partial charge in [0.2, 0.25) is 0 Å². The Bertz CT molecular complexity index is 608.